The Morgan fingerprint density at radius 3 is 2.75 bits per heavy atom. The van der Waals surface area contributed by atoms with Gasteiger partial charge in [0.15, 0.2) is 0 Å². The fraction of sp³-hybridized carbons (Fsp3) is 0.917. The van der Waals surface area contributed by atoms with E-state index >= 15 is 0 Å². The summed E-state index contributed by atoms with van der Waals surface area (Å²) < 4.78 is 5.23. The zero-order valence-electron chi connectivity index (χ0n) is 10.2. The Morgan fingerprint density at radius 2 is 2.12 bits per heavy atom. The number of fused-ring (bicyclic) bond motifs is 2. The number of aliphatic hydroxyl groups excluding tert-OH is 1. The van der Waals surface area contributed by atoms with Crippen molar-refractivity contribution in [2.45, 2.75) is 57.4 Å². The normalized spacial score (nSPS) is 39.1. The molecule has 0 radical (unpaired) electrons. The topological polar surface area (TPSA) is 49.8 Å². The molecule has 0 aromatic rings. The molecule has 2 aliphatic rings. The Labute approximate surface area is 96.6 Å². The molecule has 0 aliphatic carbocycles. The highest BCUT2D eigenvalue weighted by molar-refractivity contribution is 5.74. The maximum atomic E-state index is 11.9. The molecule has 1 N–H and O–H groups in total. The van der Waals surface area contributed by atoms with Crippen molar-refractivity contribution in [1.29, 1.82) is 0 Å². The monoisotopic (exact) mass is 227 g/mol. The second kappa shape index (κ2) is 4.34. The first-order valence-electron chi connectivity index (χ1n) is 6.11. The number of ether oxygens (including phenoxy) is 1. The van der Waals surface area contributed by atoms with Crippen LogP contribution in [0.2, 0.25) is 0 Å². The zero-order valence-corrected chi connectivity index (χ0v) is 10.2. The van der Waals surface area contributed by atoms with Crippen molar-refractivity contribution < 1.29 is 14.6 Å². The molecule has 0 saturated carbocycles. The third kappa shape index (κ3) is 1.96. The highest BCUT2D eigenvalue weighted by atomic mass is 16.5. The second-order valence-corrected chi connectivity index (χ2v) is 5.28. The number of aliphatic hydroxyl groups is 1. The van der Waals surface area contributed by atoms with Gasteiger partial charge in [0, 0.05) is 12.1 Å². The standard InChI is InChI=1S/C12H21NO3/c1-7(2)16-12(15)11-9-5-4-8(13(9)3)6-10(11)14/h7-11,14H,4-6H2,1-3H3/t8-,9+,10+,11+/m1/s1. The first-order chi connectivity index (χ1) is 7.50. The average molecular weight is 227 g/mol. The molecule has 4 atom stereocenters. The van der Waals surface area contributed by atoms with Crippen LogP contribution in [0.4, 0.5) is 0 Å². The Balaban J connectivity index is 2.10. The van der Waals surface area contributed by atoms with Crippen LogP contribution in [0.25, 0.3) is 0 Å². The third-order valence-electron chi connectivity index (χ3n) is 3.86. The number of esters is 1. The number of rotatable bonds is 2. The lowest BCUT2D eigenvalue weighted by Gasteiger charge is -2.39. The summed E-state index contributed by atoms with van der Waals surface area (Å²) in [5.41, 5.74) is 0. The van der Waals surface area contributed by atoms with Gasteiger partial charge in [-0.05, 0) is 40.2 Å². The summed E-state index contributed by atoms with van der Waals surface area (Å²) in [5, 5.41) is 10.0. The molecule has 2 aliphatic heterocycles. The highest BCUT2D eigenvalue weighted by Crippen LogP contribution is 2.38. The second-order valence-electron chi connectivity index (χ2n) is 5.28. The smallest absolute Gasteiger partial charge is 0.313 e. The molecule has 4 heteroatoms. The number of nitrogens with zero attached hydrogens (tertiary/aromatic N) is 1. The number of piperidine rings is 1. The molecule has 0 aromatic carbocycles. The number of hydrogen-bond donors (Lipinski definition) is 1. The van der Waals surface area contributed by atoms with Gasteiger partial charge in [0.05, 0.1) is 18.1 Å². The lowest BCUT2D eigenvalue weighted by Crippen LogP contribution is -2.52. The molecule has 0 spiro atoms. The van der Waals surface area contributed by atoms with Gasteiger partial charge in [0.2, 0.25) is 0 Å². The number of carbonyl (C=O) groups is 1. The van der Waals surface area contributed by atoms with Gasteiger partial charge in [-0.15, -0.1) is 0 Å². The van der Waals surface area contributed by atoms with Crippen LogP contribution in [0, 0.1) is 5.92 Å². The molecule has 4 nitrogen and oxygen atoms in total. The van der Waals surface area contributed by atoms with Crippen LogP contribution in [-0.2, 0) is 9.53 Å². The Hall–Kier alpha value is -0.610. The minimum atomic E-state index is -0.528. The first-order valence-corrected chi connectivity index (χ1v) is 6.11. The minimum absolute atomic E-state index is 0.107. The largest absolute Gasteiger partial charge is 0.463 e. The predicted molar refractivity (Wildman–Crippen MR) is 59.9 cm³/mol. The van der Waals surface area contributed by atoms with E-state index in [2.05, 4.69) is 4.90 Å². The summed E-state index contributed by atoms with van der Waals surface area (Å²) >= 11 is 0. The molecule has 2 bridgehead atoms. The Morgan fingerprint density at radius 1 is 1.44 bits per heavy atom. The minimum Gasteiger partial charge on any atom is -0.463 e. The Bertz CT molecular complexity index is 279. The van der Waals surface area contributed by atoms with Crippen LogP contribution in [-0.4, -0.2) is 47.3 Å². The number of carbonyl (C=O) groups excluding carboxylic acids is 1. The molecule has 16 heavy (non-hydrogen) atoms. The maximum absolute atomic E-state index is 11.9. The molecule has 2 saturated heterocycles. The van der Waals surface area contributed by atoms with Gasteiger partial charge in [-0.1, -0.05) is 0 Å². The van der Waals surface area contributed by atoms with Crippen molar-refractivity contribution >= 4 is 5.97 Å². The molecule has 2 heterocycles. The van der Waals surface area contributed by atoms with Gasteiger partial charge in [0.25, 0.3) is 0 Å². The van der Waals surface area contributed by atoms with E-state index < -0.39 is 6.10 Å². The third-order valence-corrected chi connectivity index (χ3v) is 3.86. The summed E-state index contributed by atoms with van der Waals surface area (Å²) in [5.74, 6) is -0.592. The predicted octanol–water partition coefficient (Wildman–Crippen LogP) is 0.782. The molecule has 2 rings (SSSR count). The molecule has 0 amide bonds. The van der Waals surface area contributed by atoms with Crippen LogP contribution in [0.1, 0.15) is 33.1 Å². The van der Waals surface area contributed by atoms with Crippen molar-refractivity contribution in [3.63, 3.8) is 0 Å². The van der Waals surface area contributed by atoms with E-state index in [4.69, 9.17) is 4.74 Å². The van der Waals surface area contributed by atoms with Crippen molar-refractivity contribution in [3.8, 4) is 0 Å². The van der Waals surface area contributed by atoms with E-state index in [1.54, 1.807) is 0 Å². The molecule has 92 valence electrons. The summed E-state index contributed by atoms with van der Waals surface area (Å²) in [6, 6.07) is 0.614. The van der Waals surface area contributed by atoms with Gasteiger partial charge in [-0.25, -0.2) is 0 Å². The van der Waals surface area contributed by atoms with Crippen LogP contribution in [0.5, 0.6) is 0 Å². The van der Waals surface area contributed by atoms with E-state index in [-0.39, 0.29) is 24.0 Å². The van der Waals surface area contributed by atoms with Gasteiger partial charge in [-0.2, -0.15) is 0 Å². The lowest BCUT2D eigenvalue weighted by atomic mass is 9.88. The summed E-state index contributed by atoms with van der Waals surface area (Å²) in [4.78, 5) is 14.2. The van der Waals surface area contributed by atoms with E-state index in [9.17, 15) is 9.90 Å². The highest BCUT2D eigenvalue weighted by Gasteiger charge is 2.48. The molecule has 0 unspecified atom stereocenters. The van der Waals surface area contributed by atoms with E-state index in [1.807, 2.05) is 20.9 Å². The first kappa shape index (κ1) is 11.9. The van der Waals surface area contributed by atoms with Gasteiger partial charge < -0.3 is 9.84 Å². The van der Waals surface area contributed by atoms with Crippen molar-refractivity contribution in [3.05, 3.63) is 0 Å². The van der Waals surface area contributed by atoms with Gasteiger partial charge in [-0.3, -0.25) is 9.69 Å². The Kier molecular flexibility index (Phi) is 3.22. The van der Waals surface area contributed by atoms with Gasteiger partial charge in [0.1, 0.15) is 0 Å². The molecule has 0 aromatic heterocycles. The van der Waals surface area contributed by atoms with Crippen LogP contribution >= 0.6 is 0 Å². The SMILES string of the molecule is CC(C)OC(=O)[C@@H]1[C@@H](O)C[C@H]2CC[C@@H]1N2C. The fourth-order valence-corrected chi connectivity index (χ4v) is 3.07. The van der Waals surface area contributed by atoms with E-state index in [1.165, 1.54) is 0 Å². The zero-order chi connectivity index (χ0) is 11.9. The maximum Gasteiger partial charge on any atom is 0.313 e. The average Bonchev–Trinajstić information content (AvgIpc) is 2.45. The summed E-state index contributed by atoms with van der Waals surface area (Å²) in [6.45, 7) is 3.68. The fourth-order valence-electron chi connectivity index (χ4n) is 3.07. The molecular weight excluding hydrogens is 206 g/mol. The van der Waals surface area contributed by atoms with Crippen LogP contribution in [0.15, 0.2) is 0 Å². The van der Waals surface area contributed by atoms with E-state index in [0.717, 1.165) is 12.8 Å². The summed E-state index contributed by atoms with van der Waals surface area (Å²) in [7, 11) is 2.05. The molecule has 2 fully saturated rings. The lowest BCUT2D eigenvalue weighted by molar-refractivity contribution is -0.162. The van der Waals surface area contributed by atoms with E-state index in [0.29, 0.717) is 12.5 Å². The van der Waals surface area contributed by atoms with Crippen LogP contribution in [0.3, 0.4) is 0 Å². The van der Waals surface area contributed by atoms with Gasteiger partial charge >= 0.3 is 5.97 Å². The van der Waals surface area contributed by atoms with Crippen LogP contribution < -0.4 is 0 Å². The number of hydrogen-bond acceptors (Lipinski definition) is 4. The quantitative estimate of drug-likeness (QED) is 0.708. The molecular formula is C12H21NO3. The summed E-state index contributed by atoms with van der Waals surface area (Å²) in [6.07, 6.45) is 2.15. The van der Waals surface area contributed by atoms with Crippen molar-refractivity contribution in [1.82, 2.24) is 4.90 Å². The van der Waals surface area contributed by atoms with Crippen molar-refractivity contribution in [2.75, 3.05) is 7.05 Å². The van der Waals surface area contributed by atoms with Crippen molar-refractivity contribution in [2.24, 2.45) is 5.92 Å².